The number of aromatic nitrogens is 2. The maximum Gasteiger partial charge on any atom is 0.136 e. The molecular formula is C12H20N4O. The highest BCUT2D eigenvalue weighted by Crippen LogP contribution is 2.24. The first-order valence-corrected chi connectivity index (χ1v) is 6.23. The van der Waals surface area contributed by atoms with Crippen molar-refractivity contribution in [2.24, 2.45) is 5.73 Å². The lowest BCUT2D eigenvalue weighted by Gasteiger charge is -2.30. The molecule has 1 aromatic heterocycles. The van der Waals surface area contributed by atoms with E-state index in [-0.39, 0.29) is 12.6 Å². The molecule has 0 amide bonds. The molecule has 0 aromatic carbocycles. The Balaban J connectivity index is 2.28. The van der Waals surface area contributed by atoms with Crippen LogP contribution in [0.1, 0.15) is 31.2 Å². The van der Waals surface area contributed by atoms with Crippen molar-refractivity contribution in [2.75, 3.05) is 18.1 Å². The summed E-state index contributed by atoms with van der Waals surface area (Å²) in [4.78, 5) is 10.5. The summed E-state index contributed by atoms with van der Waals surface area (Å²) >= 11 is 0. The topological polar surface area (TPSA) is 75.3 Å². The number of hydrogen-bond acceptors (Lipinski definition) is 5. The second-order valence-electron chi connectivity index (χ2n) is 4.45. The minimum Gasteiger partial charge on any atom is -0.394 e. The maximum absolute atomic E-state index is 9.50. The van der Waals surface area contributed by atoms with Gasteiger partial charge in [0, 0.05) is 24.8 Å². The third kappa shape index (κ3) is 2.73. The minimum absolute atomic E-state index is 0.165. The van der Waals surface area contributed by atoms with E-state index in [4.69, 9.17) is 5.73 Å². The van der Waals surface area contributed by atoms with E-state index in [1.54, 1.807) is 12.5 Å². The molecule has 2 rings (SSSR count). The van der Waals surface area contributed by atoms with Crippen LogP contribution in [0.25, 0.3) is 0 Å². The van der Waals surface area contributed by atoms with Crippen LogP contribution in [-0.4, -0.2) is 34.3 Å². The van der Waals surface area contributed by atoms with E-state index >= 15 is 0 Å². The van der Waals surface area contributed by atoms with Crippen molar-refractivity contribution in [1.82, 2.24) is 9.97 Å². The van der Waals surface area contributed by atoms with Crippen molar-refractivity contribution >= 4 is 5.82 Å². The molecule has 94 valence electrons. The summed E-state index contributed by atoms with van der Waals surface area (Å²) in [7, 11) is 0. The SMILES string of the molecule is NCc1cncnc1N1CCCCCC1CO. The van der Waals surface area contributed by atoms with Crippen LogP contribution < -0.4 is 10.6 Å². The molecule has 1 aliphatic rings. The van der Waals surface area contributed by atoms with E-state index in [1.807, 2.05) is 0 Å². The van der Waals surface area contributed by atoms with Gasteiger partial charge in [-0.15, -0.1) is 0 Å². The van der Waals surface area contributed by atoms with Gasteiger partial charge in [-0.3, -0.25) is 0 Å². The number of aliphatic hydroxyl groups is 1. The van der Waals surface area contributed by atoms with Gasteiger partial charge in [0.25, 0.3) is 0 Å². The van der Waals surface area contributed by atoms with Crippen LogP contribution in [0.2, 0.25) is 0 Å². The first kappa shape index (κ1) is 12.3. The highest BCUT2D eigenvalue weighted by Gasteiger charge is 2.23. The molecule has 0 aliphatic carbocycles. The summed E-state index contributed by atoms with van der Waals surface area (Å²) in [6, 6.07) is 0.165. The molecule has 5 nitrogen and oxygen atoms in total. The number of aliphatic hydroxyl groups excluding tert-OH is 1. The van der Waals surface area contributed by atoms with Gasteiger partial charge in [-0.05, 0) is 12.8 Å². The molecule has 1 aromatic rings. The Kier molecular flexibility index (Phi) is 4.28. The van der Waals surface area contributed by atoms with Crippen LogP contribution in [0.5, 0.6) is 0 Å². The van der Waals surface area contributed by atoms with Gasteiger partial charge in [0.05, 0.1) is 12.6 Å². The van der Waals surface area contributed by atoms with E-state index in [9.17, 15) is 5.11 Å². The van der Waals surface area contributed by atoms with Gasteiger partial charge >= 0.3 is 0 Å². The normalized spacial score (nSPS) is 21.3. The van der Waals surface area contributed by atoms with Gasteiger partial charge in [0.1, 0.15) is 12.1 Å². The van der Waals surface area contributed by atoms with Gasteiger partial charge < -0.3 is 15.7 Å². The third-order valence-corrected chi connectivity index (χ3v) is 3.34. The van der Waals surface area contributed by atoms with Crippen LogP contribution >= 0.6 is 0 Å². The van der Waals surface area contributed by atoms with Crippen LogP contribution in [0, 0.1) is 0 Å². The Bertz CT molecular complexity index is 358. The quantitative estimate of drug-likeness (QED) is 0.807. The van der Waals surface area contributed by atoms with E-state index in [0.717, 1.165) is 30.8 Å². The Morgan fingerprint density at radius 2 is 2.29 bits per heavy atom. The molecule has 1 atom stereocenters. The minimum atomic E-state index is 0.165. The fraction of sp³-hybridized carbons (Fsp3) is 0.667. The second-order valence-corrected chi connectivity index (χ2v) is 4.45. The van der Waals surface area contributed by atoms with Crippen LogP contribution in [0.3, 0.4) is 0 Å². The molecule has 0 radical (unpaired) electrons. The predicted molar refractivity (Wildman–Crippen MR) is 66.6 cm³/mol. The number of nitrogens with zero attached hydrogens (tertiary/aromatic N) is 3. The summed E-state index contributed by atoms with van der Waals surface area (Å²) in [5, 5.41) is 9.50. The largest absolute Gasteiger partial charge is 0.394 e. The van der Waals surface area contributed by atoms with Crippen molar-refractivity contribution in [3.8, 4) is 0 Å². The van der Waals surface area contributed by atoms with Crippen molar-refractivity contribution in [3.63, 3.8) is 0 Å². The highest BCUT2D eigenvalue weighted by molar-refractivity contribution is 5.46. The average molecular weight is 236 g/mol. The zero-order chi connectivity index (χ0) is 12.1. The van der Waals surface area contributed by atoms with Crippen LogP contribution in [0.15, 0.2) is 12.5 Å². The monoisotopic (exact) mass is 236 g/mol. The van der Waals surface area contributed by atoms with Crippen molar-refractivity contribution < 1.29 is 5.11 Å². The molecule has 1 fully saturated rings. The van der Waals surface area contributed by atoms with Crippen molar-refractivity contribution in [1.29, 1.82) is 0 Å². The third-order valence-electron chi connectivity index (χ3n) is 3.34. The van der Waals surface area contributed by atoms with Crippen molar-refractivity contribution in [2.45, 2.75) is 38.3 Å². The average Bonchev–Trinajstić information content (AvgIpc) is 2.63. The molecule has 0 bridgehead atoms. The van der Waals surface area contributed by atoms with Gasteiger partial charge in [-0.2, -0.15) is 0 Å². The number of anilines is 1. The molecule has 17 heavy (non-hydrogen) atoms. The van der Waals surface area contributed by atoms with Gasteiger partial charge in [0.2, 0.25) is 0 Å². The van der Waals surface area contributed by atoms with Gasteiger partial charge in [0.15, 0.2) is 0 Å². The molecule has 1 saturated heterocycles. The number of nitrogens with two attached hydrogens (primary N) is 1. The molecule has 1 unspecified atom stereocenters. The molecule has 0 spiro atoms. The molecule has 1 aliphatic heterocycles. The van der Waals surface area contributed by atoms with Crippen LogP contribution in [-0.2, 0) is 6.54 Å². The molecular weight excluding hydrogens is 216 g/mol. The lowest BCUT2D eigenvalue weighted by atomic mass is 10.1. The number of rotatable bonds is 3. The Morgan fingerprint density at radius 3 is 3.06 bits per heavy atom. The Hall–Kier alpha value is -1.20. The van der Waals surface area contributed by atoms with E-state index in [0.29, 0.717) is 6.54 Å². The molecule has 3 N–H and O–H groups in total. The predicted octanol–water partition coefficient (Wildman–Crippen LogP) is 0.677. The summed E-state index contributed by atoms with van der Waals surface area (Å²) < 4.78 is 0. The fourth-order valence-corrected chi connectivity index (χ4v) is 2.40. The summed E-state index contributed by atoms with van der Waals surface area (Å²) in [6.45, 7) is 1.55. The first-order chi connectivity index (χ1) is 8.36. The zero-order valence-corrected chi connectivity index (χ0v) is 10.0. The lowest BCUT2D eigenvalue weighted by Crippen LogP contribution is -2.39. The summed E-state index contributed by atoms with van der Waals surface area (Å²) in [5.74, 6) is 0.892. The van der Waals surface area contributed by atoms with Crippen molar-refractivity contribution in [3.05, 3.63) is 18.1 Å². The Labute approximate surface area is 102 Å². The van der Waals surface area contributed by atoms with E-state index < -0.39 is 0 Å². The van der Waals surface area contributed by atoms with Crippen LogP contribution in [0.4, 0.5) is 5.82 Å². The van der Waals surface area contributed by atoms with E-state index in [2.05, 4.69) is 14.9 Å². The standard InChI is InChI=1S/C12H20N4O/c13-6-10-7-14-9-15-12(10)16-5-3-1-2-4-11(16)8-17/h7,9,11,17H,1-6,8,13H2. The van der Waals surface area contributed by atoms with Gasteiger partial charge in [-0.25, -0.2) is 9.97 Å². The van der Waals surface area contributed by atoms with Gasteiger partial charge in [-0.1, -0.05) is 12.8 Å². The summed E-state index contributed by atoms with van der Waals surface area (Å²) in [5.41, 5.74) is 6.67. The highest BCUT2D eigenvalue weighted by atomic mass is 16.3. The summed E-state index contributed by atoms with van der Waals surface area (Å²) in [6.07, 6.45) is 7.87. The Morgan fingerprint density at radius 1 is 1.41 bits per heavy atom. The first-order valence-electron chi connectivity index (χ1n) is 6.23. The fourth-order valence-electron chi connectivity index (χ4n) is 2.40. The smallest absolute Gasteiger partial charge is 0.136 e. The maximum atomic E-state index is 9.50. The van der Waals surface area contributed by atoms with E-state index in [1.165, 1.54) is 12.8 Å². The zero-order valence-electron chi connectivity index (χ0n) is 10.0. The molecule has 2 heterocycles. The lowest BCUT2D eigenvalue weighted by molar-refractivity contribution is 0.254. The molecule has 0 saturated carbocycles. The molecule has 5 heteroatoms. The second kappa shape index (κ2) is 5.93. The number of hydrogen-bond donors (Lipinski definition) is 2.